The number of anilines is 2. The molecule has 0 spiro atoms. The average molecular weight is 323 g/mol. The second-order valence-electron chi connectivity index (χ2n) is 6.44. The summed E-state index contributed by atoms with van der Waals surface area (Å²) in [6.45, 7) is 0. The highest BCUT2D eigenvalue weighted by Crippen LogP contribution is 2.66. The van der Waals surface area contributed by atoms with Crippen LogP contribution in [0.25, 0.3) is 0 Å². The predicted molar refractivity (Wildman–Crippen MR) is 89.1 cm³/mol. The normalized spacial score (nSPS) is 35.6. The molecule has 1 amide bonds. The molecule has 4 rings (SSSR count). The van der Waals surface area contributed by atoms with Crippen molar-refractivity contribution in [3.8, 4) is 0 Å². The molecule has 1 heterocycles. The van der Waals surface area contributed by atoms with Gasteiger partial charge in [0.1, 0.15) is 9.88 Å². The number of thiophene rings is 1. The molecule has 4 N–H and O–H groups in total. The maximum absolute atomic E-state index is 11.9. The summed E-state index contributed by atoms with van der Waals surface area (Å²) in [5.41, 5.74) is 6.79. The van der Waals surface area contributed by atoms with E-state index in [0.29, 0.717) is 16.6 Å². The molecule has 2 bridgehead atoms. The molecule has 0 aliphatic heterocycles. The summed E-state index contributed by atoms with van der Waals surface area (Å²) < 4.78 is 0. The third-order valence-electron chi connectivity index (χ3n) is 5.57. The van der Waals surface area contributed by atoms with Crippen LogP contribution in [-0.2, 0) is 0 Å². The van der Waals surface area contributed by atoms with Crippen molar-refractivity contribution in [1.82, 2.24) is 5.32 Å². The lowest BCUT2D eigenvalue weighted by molar-refractivity contribution is 0.0968. The molecule has 3 aliphatic carbocycles. The van der Waals surface area contributed by atoms with Gasteiger partial charge in [-0.3, -0.25) is 4.79 Å². The third kappa shape index (κ3) is 1.91. The highest BCUT2D eigenvalue weighted by Gasteiger charge is 2.65. The van der Waals surface area contributed by atoms with E-state index in [4.69, 9.17) is 5.73 Å². The molecule has 1 aromatic rings. The number of nitrogens with two attached hydrogens (primary N) is 1. The quantitative estimate of drug-likeness (QED) is 0.745. The number of carbonyl (C=O) groups excluding carboxylic acids is 1. The minimum absolute atomic E-state index is 0.0862. The van der Waals surface area contributed by atoms with E-state index in [-0.39, 0.29) is 5.91 Å². The van der Waals surface area contributed by atoms with Crippen molar-refractivity contribution in [2.45, 2.75) is 30.2 Å². The van der Waals surface area contributed by atoms with Crippen LogP contribution in [0, 0.1) is 23.7 Å². The average Bonchev–Trinajstić information content (AvgIpc) is 2.82. The number of carbonyl (C=O) groups is 1. The van der Waals surface area contributed by atoms with Crippen LogP contribution in [-0.4, -0.2) is 25.3 Å². The number of nitrogens with one attached hydrogen (secondary N) is 2. The number of hydrogen-bond acceptors (Lipinski definition) is 5. The van der Waals surface area contributed by atoms with E-state index in [0.717, 1.165) is 33.6 Å². The van der Waals surface area contributed by atoms with Gasteiger partial charge in [0.25, 0.3) is 5.91 Å². The van der Waals surface area contributed by atoms with Crippen molar-refractivity contribution in [3.63, 3.8) is 0 Å². The van der Waals surface area contributed by atoms with Crippen molar-refractivity contribution >= 4 is 39.7 Å². The number of thioether (sulfide) groups is 1. The zero-order chi connectivity index (χ0) is 14.7. The Kier molecular flexibility index (Phi) is 3.15. The molecule has 114 valence electrons. The van der Waals surface area contributed by atoms with E-state index in [1.165, 1.54) is 30.6 Å². The standard InChI is InChI=1S/C15H21N3OS2/c1-17-14(19)12-10(16)13(20-2)15(21-12)18-11-8-6-3-4-7(5-6)9(8)11/h6-9,11,18H,3-5,16H2,1-2H3,(H,17,19). The van der Waals surface area contributed by atoms with Crippen LogP contribution in [0.4, 0.5) is 10.7 Å². The van der Waals surface area contributed by atoms with E-state index in [1.807, 2.05) is 6.26 Å². The molecule has 0 aromatic carbocycles. The van der Waals surface area contributed by atoms with Gasteiger partial charge in [-0.25, -0.2) is 0 Å². The molecular weight excluding hydrogens is 302 g/mol. The Labute approximate surface area is 133 Å². The van der Waals surface area contributed by atoms with E-state index >= 15 is 0 Å². The van der Waals surface area contributed by atoms with E-state index in [9.17, 15) is 4.79 Å². The van der Waals surface area contributed by atoms with Gasteiger partial charge in [-0.05, 0) is 49.2 Å². The van der Waals surface area contributed by atoms with Gasteiger partial charge in [-0.15, -0.1) is 23.1 Å². The van der Waals surface area contributed by atoms with Gasteiger partial charge in [-0.2, -0.15) is 0 Å². The Bertz CT molecular complexity index is 584. The molecule has 6 heteroatoms. The second kappa shape index (κ2) is 4.81. The summed E-state index contributed by atoms with van der Waals surface area (Å²) in [6, 6.07) is 0.623. The van der Waals surface area contributed by atoms with Crippen LogP contribution in [0.2, 0.25) is 0 Å². The Hall–Kier alpha value is -0.880. The highest BCUT2D eigenvalue weighted by atomic mass is 32.2. The summed E-state index contributed by atoms with van der Waals surface area (Å²) in [6.07, 6.45) is 6.33. The Morgan fingerprint density at radius 1 is 1.33 bits per heavy atom. The van der Waals surface area contributed by atoms with Crippen molar-refractivity contribution in [3.05, 3.63) is 4.88 Å². The lowest BCUT2D eigenvalue weighted by Crippen LogP contribution is -2.17. The van der Waals surface area contributed by atoms with Crippen LogP contribution in [0.5, 0.6) is 0 Å². The van der Waals surface area contributed by atoms with Crippen LogP contribution < -0.4 is 16.4 Å². The Balaban J connectivity index is 1.57. The number of rotatable bonds is 4. The summed E-state index contributed by atoms with van der Waals surface area (Å²) in [5.74, 6) is 3.57. The third-order valence-corrected chi connectivity index (χ3v) is 7.67. The summed E-state index contributed by atoms with van der Waals surface area (Å²) >= 11 is 3.13. The van der Waals surface area contributed by atoms with E-state index < -0.39 is 0 Å². The SMILES string of the molecule is CNC(=O)c1sc(NC2C3C4CCC(C4)C23)c(SC)c1N. The van der Waals surface area contributed by atoms with Crippen LogP contribution in [0.3, 0.4) is 0 Å². The number of fused-ring (bicyclic) bond motifs is 5. The van der Waals surface area contributed by atoms with Crippen molar-refractivity contribution in [2.24, 2.45) is 23.7 Å². The molecule has 21 heavy (non-hydrogen) atoms. The smallest absolute Gasteiger partial charge is 0.263 e. The van der Waals surface area contributed by atoms with Crippen molar-refractivity contribution < 1.29 is 4.79 Å². The first kappa shape index (κ1) is 13.8. The molecule has 4 atom stereocenters. The van der Waals surface area contributed by atoms with Crippen molar-refractivity contribution in [2.75, 3.05) is 24.4 Å². The number of nitrogen functional groups attached to an aromatic ring is 1. The first-order valence-corrected chi connectivity index (χ1v) is 9.64. The minimum atomic E-state index is -0.0862. The van der Waals surface area contributed by atoms with Gasteiger partial charge in [0.2, 0.25) is 0 Å². The molecule has 3 saturated carbocycles. The van der Waals surface area contributed by atoms with Crippen LogP contribution >= 0.6 is 23.1 Å². The maximum Gasteiger partial charge on any atom is 0.263 e. The molecule has 3 aliphatic rings. The molecule has 0 saturated heterocycles. The van der Waals surface area contributed by atoms with E-state index in [2.05, 4.69) is 10.6 Å². The second-order valence-corrected chi connectivity index (χ2v) is 8.28. The van der Waals surface area contributed by atoms with Crippen LogP contribution in [0.1, 0.15) is 28.9 Å². The zero-order valence-corrected chi connectivity index (χ0v) is 13.9. The van der Waals surface area contributed by atoms with E-state index in [1.54, 1.807) is 18.8 Å². The predicted octanol–water partition coefficient (Wildman–Crippen LogP) is 2.87. The number of hydrogen-bond donors (Lipinski definition) is 3. The van der Waals surface area contributed by atoms with Crippen LogP contribution in [0.15, 0.2) is 4.90 Å². The molecule has 4 unspecified atom stereocenters. The largest absolute Gasteiger partial charge is 0.396 e. The van der Waals surface area contributed by atoms with Crippen molar-refractivity contribution in [1.29, 1.82) is 0 Å². The van der Waals surface area contributed by atoms with Gasteiger partial charge in [0.05, 0.1) is 10.6 Å². The monoisotopic (exact) mass is 323 g/mol. The van der Waals surface area contributed by atoms with Gasteiger partial charge in [0, 0.05) is 13.1 Å². The highest BCUT2D eigenvalue weighted by molar-refractivity contribution is 7.99. The molecule has 1 aromatic heterocycles. The Morgan fingerprint density at radius 3 is 2.57 bits per heavy atom. The molecule has 0 radical (unpaired) electrons. The van der Waals surface area contributed by atoms with Gasteiger partial charge >= 0.3 is 0 Å². The van der Waals surface area contributed by atoms with Gasteiger partial charge in [0.15, 0.2) is 0 Å². The van der Waals surface area contributed by atoms with Gasteiger partial charge in [-0.1, -0.05) is 0 Å². The lowest BCUT2D eigenvalue weighted by atomic mass is 10.0. The summed E-state index contributed by atoms with van der Waals surface area (Å²) in [4.78, 5) is 13.6. The Morgan fingerprint density at radius 2 is 2.00 bits per heavy atom. The fraction of sp³-hybridized carbons (Fsp3) is 0.667. The fourth-order valence-electron chi connectivity index (χ4n) is 4.68. The maximum atomic E-state index is 11.9. The summed E-state index contributed by atoms with van der Waals surface area (Å²) in [7, 11) is 1.65. The molecule has 4 nitrogen and oxygen atoms in total. The zero-order valence-electron chi connectivity index (χ0n) is 12.3. The first-order chi connectivity index (χ1) is 10.2. The summed E-state index contributed by atoms with van der Waals surface area (Å²) in [5, 5.41) is 7.49. The number of amides is 1. The van der Waals surface area contributed by atoms with Gasteiger partial charge < -0.3 is 16.4 Å². The fourth-order valence-corrected chi connectivity index (χ4v) is 6.69. The minimum Gasteiger partial charge on any atom is -0.396 e. The topological polar surface area (TPSA) is 67.2 Å². The lowest BCUT2D eigenvalue weighted by Gasteiger charge is -2.11. The first-order valence-electron chi connectivity index (χ1n) is 7.60. The molecule has 3 fully saturated rings. The molecular formula is C15H21N3OS2.